The molecule has 2 heteroatoms. The van der Waals surface area contributed by atoms with Gasteiger partial charge in [0.2, 0.25) is 0 Å². The summed E-state index contributed by atoms with van der Waals surface area (Å²) < 4.78 is 6.24. The van der Waals surface area contributed by atoms with Gasteiger partial charge < -0.3 is 4.74 Å². The second kappa shape index (κ2) is 1.25. The highest BCUT2D eigenvalue weighted by Crippen LogP contribution is 3.08. The minimum atomic E-state index is 0.766. The molecule has 6 saturated carbocycles. The highest BCUT2D eigenvalue weighted by atomic mass is 127. The molecule has 0 aromatic heterocycles. The average Bonchev–Trinajstić information content (AvgIpc) is 2.11. The highest BCUT2D eigenvalue weighted by Gasteiger charge is 3.09. The number of hydrogen-bond acceptors (Lipinski definition) is 1. The molecule has 64 valence electrons. The van der Waals surface area contributed by atoms with Gasteiger partial charge in [0.25, 0.3) is 0 Å². The molecule has 0 spiro atoms. The van der Waals surface area contributed by atoms with E-state index in [0.29, 0.717) is 0 Å². The van der Waals surface area contributed by atoms with Crippen molar-refractivity contribution in [1.29, 1.82) is 0 Å². The van der Waals surface area contributed by atoms with Gasteiger partial charge >= 0.3 is 0 Å². The molecule has 6 aliphatic rings. The maximum absolute atomic E-state index is 5.38. The number of ether oxygens (including phenoxy) is 1. The molecule has 0 amide bonds. The summed E-state index contributed by atoms with van der Waals surface area (Å²) in [7, 11) is 1.88. The maximum Gasteiger partial charge on any atom is 0.0527 e. The number of rotatable bonds is 2. The molecular weight excluding hydrogens is 263 g/mol. The van der Waals surface area contributed by atoms with Gasteiger partial charge in [0, 0.05) is 15.9 Å². The Kier molecular flexibility index (Phi) is 0.649. The lowest BCUT2D eigenvalue weighted by Crippen LogP contribution is -3.11. The van der Waals surface area contributed by atoms with Crippen LogP contribution in [-0.2, 0) is 4.74 Å². The van der Waals surface area contributed by atoms with Gasteiger partial charge in [0.05, 0.1) is 6.61 Å². The predicted molar refractivity (Wildman–Crippen MR) is 52.0 cm³/mol. The van der Waals surface area contributed by atoms with Gasteiger partial charge in [-0.05, 0) is 35.5 Å². The Morgan fingerprint density at radius 3 is 2.00 bits per heavy atom. The largest absolute Gasteiger partial charge is 0.384 e. The average molecular weight is 274 g/mol. The third kappa shape index (κ3) is 0.240. The summed E-state index contributed by atoms with van der Waals surface area (Å²) in [6.07, 6.45) is 0. The predicted octanol–water partition coefficient (Wildman–Crippen LogP) is 1.56. The summed E-state index contributed by atoms with van der Waals surface area (Å²) >= 11 is 2.77. The van der Waals surface area contributed by atoms with E-state index in [1.807, 2.05) is 7.11 Å². The van der Waals surface area contributed by atoms with Crippen LogP contribution >= 0.6 is 22.6 Å². The van der Waals surface area contributed by atoms with Gasteiger partial charge in [-0.2, -0.15) is 0 Å². The number of alkyl halides is 1. The van der Waals surface area contributed by atoms with E-state index < -0.39 is 0 Å². The van der Waals surface area contributed by atoms with Gasteiger partial charge in [-0.1, -0.05) is 22.6 Å². The molecule has 0 saturated heterocycles. The van der Waals surface area contributed by atoms with Crippen LogP contribution in [0.1, 0.15) is 0 Å². The Labute approximate surface area is 85.4 Å². The normalized spacial score (nSPS) is 88.5. The zero-order chi connectivity index (χ0) is 7.88. The van der Waals surface area contributed by atoms with Crippen molar-refractivity contribution in [1.82, 2.24) is 0 Å². The van der Waals surface area contributed by atoms with Gasteiger partial charge in [0.1, 0.15) is 0 Å². The van der Waals surface area contributed by atoms with E-state index in [9.17, 15) is 0 Å². The fourth-order valence-corrected chi connectivity index (χ4v) is 8.48. The summed E-state index contributed by atoms with van der Waals surface area (Å²) in [6, 6.07) is 0. The van der Waals surface area contributed by atoms with Gasteiger partial charge in [-0.15, -0.1) is 0 Å². The fraction of sp³-hybridized carbons (Fsp3) is 1.00. The SMILES string of the molecule is COCC12C3C4C1C1C2C3C41I. The fourth-order valence-electron chi connectivity index (χ4n) is 6.16. The minimum Gasteiger partial charge on any atom is -0.384 e. The van der Waals surface area contributed by atoms with Crippen molar-refractivity contribution in [3.8, 4) is 0 Å². The summed E-state index contributed by atoms with van der Waals surface area (Å²) in [4.78, 5) is 0. The van der Waals surface area contributed by atoms with Crippen molar-refractivity contribution in [3.63, 3.8) is 0 Å². The van der Waals surface area contributed by atoms with Crippen molar-refractivity contribution in [2.24, 2.45) is 40.9 Å². The molecule has 6 aliphatic carbocycles. The smallest absolute Gasteiger partial charge is 0.0527 e. The van der Waals surface area contributed by atoms with Crippen LogP contribution < -0.4 is 0 Å². The first-order chi connectivity index (χ1) is 5.79. The maximum atomic E-state index is 5.38. The molecule has 6 rings (SSSR count). The number of methoxy groups -OCH3 is 1. The molecule has 0 unspecified atom stereocenters. The lowest BCUT2D eigenvalue weighted by atomic mass is 8.96. The second-order valence-electron chi connectivity index (χ2n) is 5.53. The standard InChI is InChI=1S/C10H11IO/c1-12-2-9-3-6-4(9)8-5(9)7(3)10(6,8)11/h3-8H,2H2,1H3. The molecule has 0 aliphatic heterocycles. The third-order valence-electron chi connectivity index (χ3n) is 6.11. The van der Waals surface area contributed by atoms with E-state index >= 15 is 0 Å². The van der Waals surface area contributed by atoms with Crippen LogP contribution in [0.3, 0.4) is 0 Å². The van der Waals surface area contributed by atoms with Gasteiger partial charge in [-0.3, -0.25) is 0 Å². The molecular formula is C10H11IO. The Morgan fingerprint density at radius 2 is 1.58 bits per heavy atom. The molecule has 0 bridgehead atoms. The molecule has 0 aromatic rings. The summed E-state index contributed by atoms with van der Waals surface area (Å²) in [5.74, 6) is 6.88. The molecule has 0 N–H and O–H groups in total. The Hall–Kier alpha value is 0.690. The van der Waals surface area contributed by atoms with E-state index in [2.05, 4.69) is 22.6 Å². The lowest BCUT2D eigenvalue weighted by Gasteiger charge is -3.10. The topological polar surface area (TPSA) is 9.23 Å². The van der Waals surface area contributed by atoms with E-state index in [4.69, 9.17) is 4.74 Å². The molecule has 0 heterocycles. The Morgan fingerprint density at radius 1 is 1.08 bits per heavy atom. The van der Waals surface area contributed by atoms with Crippen molar-refractivity contribution in [2.45, 2.75) is 3.42 Å². The Bertz CT molecular complexity index is 270. The highest BCUT2D eigenvalue weighted by molar-refractivity contribution is 14.1. The van der Waals surface area contributed by atoms with Gasteiger partial charge in [-0.25, -0.2) is 0 Å². The third-order valence-corrected chi connectivity index (χ3v) is 8.27. The second-order valence-corrected chi connectivity index (χ2v) is 7.40. The van der Waals surface area contributed by atoms with Crippen molar-refractivity contribution < 1.29 is 4.74 Å². The first-order valence-electron chi connectivity index (χ1n) is 4.97. The van der Waals surface area contributed by atoms with E-state index in [-0.39, 0.29) is 0 Å². The first kappa shape index (κ1) is 6.23. The van der Waals surface area contributed by atoms with Crippen molar-refractivity contribution >= 4 is 22.6 Å². The van der Waals surface area contributed by atoms with Crippen LogP contribution in [-0.4, -0.2) is 17.1 Å². The molecule has 0 atom stereocenters. The van der Waals surface area contributed by atoms with Crippen LogP contribution in [0.5, 0.6) is 0 Å². The van der Waals surface area contributed by atoms with Gasteiger partial charge in [0.15, 0.2) is 0 Å². The van der Waals surface area contributed by atoms with Crippen LogP contribution in [0.2, 0.25) is 0 Å². The molecule has 12 heavy (non-hydrogen) atoms. The van der Waals surface area contributed by atoms with Crippen LogP contribution in [0.25, 0.3) is 0 Å². The molecule has 1 nitrogen and oxygen atoms in total. The van der Waals surface area contributed by atoms with E-state index in [0.717, 1.165) is 51.0 Å². The summed E-state index contributed by atoms with van der Waals surface area (Å²) in [6.45, 7) is 1.09. The first-order valence-corrected chi connectivity index (χ1v) is 6.05. The quantitative estimate of drug-likeness (QED) is 0.548. The minimum absolute atomic E-state index is 0.766. The van der Waals surface area contributed by atoms with Crippen LogP contribution in [0, 0.1) is 40.9 Å². The molecule has 0 radical (unpaired) electrons. The summed E-state index contributed by atoms with van der Waals surface area (Å²) in [5.41, 5.74) is 0.766. The van der Waals surface area contributed by atoms with Crippen LogP contribution in [0.15, 0.2) is 0 Å². The molecule has 0 aromatic carbocycles. The number of hydrogen-bond donors (Lipinski definition) is 0. The lowest BCUT2D eigenvalue weighted by molar-refractivity contribution is -0.594. The monoisotopic (exact) mass is 274 g/mol. The Balaban J connectivity index is 1.62. The van der Waals surface area contributed by atoms with Crippen molar-refractivity contribution in [3.05, 3.63) is 0 Å². The summed E-state index contributed by atoms with van der Waals surface area (Å²) in [5, 5.41) is 0. The molecule has 6 fully saturated rings. The zero-order valence-corrected chi connectivity index (χ0v) is 9.11. The zero-order valence-electron chi connectivity index (χ0n) is 6.96. The number of halogens is 1. The van der Waals surface area contributed by atoms with Crippen LogP contribution in [0.4, 0.5) is 0 Å². The van der Waals surface area contributed by atoms with E-state index in [1.165, 1.54) is 0 Å². The van der Waals surface area contributed by atoms with E-state index in [1.54, 1.807) is 0 Å². The van der Waals surface area contributed by atoms with Crippen molar-refractivity contribution in [2.75, 3.05) is 13.7 Å².